The molecule has 3 nitrogen and oxygen atoms in total. The van der Waals surface area contributed by atoms with Crippen LogP contribution in [0.3, 0.4) is 0 Å². The van der Waals surface area contributed by atoms with Crippen LogP contribution >= 0.6 is 0 Å². The Labute approximate surface area is 75.3 Å². The average molecular weight is 183 g/mol. The van der Waals surface area contributed by atoms with E-state index in [0.29, 0.717) is 5.56 Å². The molecule has 13 heavy (non-hydrogen) atoms. The third-order valence-corrected chi connectivity index (χ3v) is 1.90. The van der Waals surface area contributed by atoms with Crippen molar-refractivity contribution in [1.29, 1.82) is 0 Å². The SMILES string of the molecule is CC(CF)c1ccccc1[N+](=O)[O-]. The van der Waals surface area contributed by atoms with Crippen LogP contribution in [-0.4, -0.2) is 11.6 Å². The van der Waals surface area contributed by atoms with Gasteiger partial charge in [0.1, 0.15) is 0 Å². The maximum absolute atomic E-state index is 12.3. The number of para-hydroxylation sites is 1. The first-order valence-electron chi connectivity index (χ1n) is 3.96. The maximum atomic E-state index is 12.3. The van der Waals surface area contributed by atoms with Gasteiger partial charge < -0.3 is 0 Å². The number of hydrogen-bond donors (Lipinski definition) is 0. The summed E-state index contributed by atoms with van der Waals surface area (Å²) in [6.45, 7) is 1.05. The smallest absolute Gasteiger partial charge is 0.258 e. The second kappa shape index (κ2) is 3.98. The topological polar surface area (TPSA) is 43.1 Å². The zero-order chi connectivity index (χ0) is 9.84. The van der Waals surface area contributed by atoms with Crippen molar-refractivity contribution in [2.45, 2.75) is 12.8 Å². The molecule has 0 saturated heterocycles. The molecule has 0 saturated carbocycles. The lowest BCUT2D eigenvalue weighted by atomic mass is 10.0. The molecule has 0 aliphatic rings. The minimum absolute atomic E-state index is 0.00681. The fourth-order valence-corrected chi connectivity index (χ4v) is 1.15. The van der Waals surface area contributed by atoms with E-state index in [1.165, 1.54) is 6.07 Å². The number of rotatable bonds is 3. The van der Waals surface area contributed by atoms with Gasteiger partial charge in [0.2, 0.25) is 0 Å². The van der Waals surface area contributed by atoms with E-state index < -0.39 is 17.5 Å². The van der Waals surface area contributed by atoms with Crippen LogP contribution in [0.25, 0.3) is 0 Å². The van der Waals surface area contributed by atoms with E-state index in [1.54, 1.807) is 25.1 Å². The normalized spacial score (nSPS) is 12.5. The van der Waals surface area contributed by atoms with E-state index in [9.17, 15) is 14.5 Å². The molecule has 0 fully saturated rings. The second-order valence-electron chi connectivity index (χ2n) is 2.87. The molecule has 0 heterocycles. The van der Waals surface area contributed by atoms with E-state index >= 15 is 0 Å². The van der Waals surface area contributed by atoms with Crippen molar-refractivity contribution in [2.24, 2.45) is 0 Å². The first kappa shape index (κ1) is 9.64. The van der Waals surface area contributed by atoms with Crippen LogP contribution in [0.5, 0.6) is 0 Å². The monoisotopic (exact) mass is 183 g/mol. The molecule has 0 spiro atoms. The first-order chi connectivity index (χ1) is 6.16. The lowest BCUT2D eigenvalue weighted by molar-refractivity contribution is -0.385. The Bertz CT molecular complexity index is 314. The molecule has 4 heteroatoms. The van der Waals surface area contributed by atoms with Crippen LogP contribution < -0.4 is 0 Å². The highest BCUT2D eigenvalue weighted by molar-refractivity contribution is 5.41. The highest BCUT2D eigenvalue weighted by Crippen LogP contribution is 2.25. The highest BCUT2D eigenvalue weighted by Gasteiger charge is 2.17. The second-order valence-corrected chi connectivity index (χ2v) is 2.87. The van der Waals surface area contributed by atoms with Crippen LogP contribution in [0.1, 0.15) is 18.4 Å². The Morgan fingerprint density at radius 1 is 1.54 bits per heavy atom. The number of nitrogens with zero attached hydrogens (tertiary/aromatic N) is 1. The van der Waals surface area contributed by atoms with Crippen molar-refractivity contribution in [3.63, 3.8) is 0 Å². The molecule has 0 bridgehead atoms. The summed E-state index contributed by atoms with van der Waals surface area (Å²) < 4.78 is 12.3. The number of hydrogen-bond acceptors (Lipinski definition) is 2. The predicted octanol–water partition coefficient (Wildman–Crippen LogP) is 2.67. The Kier molecular flexibility index (Phi) is 2.95. The Hall–Kier alpha value is -1.45. The summed E-state index contributed by atoms with van der Waals surface area (Å²) in [4.78, 5) is 10.0. The maximum Gasteiger partial charge on any atom is 0.272 e. The van der Waals surface area contributed by atoms with Gasteiger partial charge in [-0.1, -0.05) is 25.1 Å². The molecule has 1 aromatic rings. The zero-order valence-corrected chi connectivity index (χ0v) is 7.24. The van der Waals surface area contributed by atoms with Gasteiger partial charge in [0.15, 0.2) is 0 Å². The van der Waals surface area contributed by atoms with Crippen LogP contribution in [0.2, 0.25) is 0 Å². The van der Waals surface area contributed by atoms with E-state index in [4.69, 9.17) is 0 Å². The van der Waals surface area contributed by atoms with E-state index in [0.717, 1.165) is 0 Å². The Balaban J connectivity index is 3.11. The molecular weight excluding hydrogens is 173 g/mol. The van der Waals surface area contributed by atoms with Gasteiger partial charge in [-0.2, -0.15) is 0 Å². The highest BCUT2D eigenvalue weighted by atomic mass is 19.1. The van der Waals surface area contributed by atoms with Crippen molar-refractivity contribution >= 4 is 5.69 Å². The number of alkyl halides is 1. The number of halogens is 1. The van der Waals surface area contributed by atoms with Gasteiger partial charge in [0.25, 0.3) is 5.69 Å². The minimum Gasteiger partial charge on any atom is -0.258 e. The van der Waals surface area contributed by atoms with E-state index in [-0.39, 0.29) is 5.69 Å². The minimum atomic E-state index is -0.579. The lowest BCUT2D eigenvalue weighted by Crippen LogP contribution is -2.00. The molecule has 1 atom stereocenters. The summed E-state index contributed by atoms with van der Waals surface area (Å²) >= 11 is 0. The van der Waals surface area contributed by atoms with Gasteiger partial charge in [0.05, 0.1) is 11.6 Å². The van der Waals surface area contributed by atoms with Crippen molar-refractivity contribution in [2.75, 3.05) is 6.67 Å². The first-order valence-corrected chi connectivity index (χ1v) is 3.96. The fourth-order valence-electron chi connectivity index (χ4n) is 1.15. The molecular formula is C9H10FNO2. The number of nitro groups is 1. The Morgan fingerprint density at radius 2 is 2.15 bits per heavy atom. The summed E-state index contributed by atoms with van der Waals surface area (Å²) in [5, 5.41) is 10.5. The van der Waals surface area contributed by atoms with Gasteiger partial charge in [-0.25, -0.2) is 0 Å². The molecule has 1 unspecified atom stereocenters. The summed E-state index contributed by atoms with van der Waals surface area (Å²) in [5.74, 6) is -0.415. The van der Waals surface area contributed by atoms with Gasteiger partial charge in [-0.05, 0) is 0 Å². The molecule has 0 aromatic heterocycles. The van der Waals surface area contributed by atoms with Crippen molar-refractivity contribution in [3.8, 4) is 0 Å². The quantitative estimate of drug-likeness (QED) is 0.534. The average Bonchev–Trinajstić information content (AvgIpc) is 2.16. The van der Waals surface area contributed by atoms with Gasteiger partial charge >= 0.3 is 0 Å². The molecule has 1 rings (SSSR count). The molecule has 0 amide bonds. The van der Waals surface area contributed by atoms with Crippen LogP contribution in [0.4, 0.5) is 10.1 Å². The molecule has 70 valence electrons. The van der Waals surface area contributed by atoms with Crippen molar-refractivity contribution in [3.05, 3.63) is 39.9 Å². The summed E-state index contributed by atoms with van der Waals surface area (Å²) in [5.41, 5.74) is 0.447. The van der Waals surface area contributed by atoms with Gasteiger partial charge in [-0.3, -0.25) is 14.5 Å². The molecule has 0 radical (unpaired) electrons. The van der Waals surface area contributed by atoms with E-state index in [1.807, 2.05) is 0 Å². The number of benzene rings is 1. The summed E-state index contributed by atoms with van der Waals surface area (Å²) in [6.07, 6.45) is 0. The molecule has 0 aliphatic carbocycles. The van der Waals surface area contributed by atoms with Crippen molar-refractivity contribution in [1.82, 2.24) is 0 Å². The van der Waals surface area contributed by atoms with Crippen molar-refractivity contribution < 1.29 is 9.31 Å². The standard InChI is InChI=1S/C9H10FNO2/c1-7(6-10)8-4-2-3-5-9(8)11(12)13/h2-5,7H,6H2,1H3. The van der Waals surface area contributed by atoms with Gasteiger partial charge in [-0.15, -0.1) is 0 Å². The fraction of sp³-hybridized carbons (Fsp3) is 0.333. The molecule has 1 aromatic carbocycles. The van der Waals surface area contributed by atoms with Crippen LogP contribution in [-0.2, 0) is 0 Å². The molecule has 0 aliphatic heterocycles. The predicted molar refractivity (Wildman–Crippen MR) is 47.5 cm³/mol. The largest absolute Gasteiger partial charge is 0.272 e. The van der Waals surface area contributed by atoms with E-state index in [2.05, 4.69) is 0 Å². The zero-order valence-electron chi connectivity index (χ0n) is 7.24. The van der Waals surface area contributed by atoms with Gasteiger partial charge in [0, 0.05) is 17.5 Å². The summed E-state index contributed by atoms with van der Waals surface area (Å²) in [7, 11) is 0. The third-order valence-electron chi connectivity index (χ3n) is 1.90. The molecule has 0 N–H and O–H groups in total. The third kappa shape index (κ3) is 2.02. The summed E-state index contributed by atoms with van der Waals surface area (Å²) in [6, 6.07) is 6.23. The number of nitro benzene ring substituents is 1. The Morgan fingerprint density at radius 3 is 2.69 bits per heavy atom. The van der Waals surface area contributed by atoms with Crippen LogP contribution in [0.15, 0.2) is 24.3 Å². The lowest BCUT2D eigenvalue weighted by Gasteiger charge is -2.06. The van der Waals surface area contributed by atoms with Crippen LogP contribution in [0, 0.1) is 10.1 Å².